The van der Waals surface area contributed by atoms with Crippen molar-refractivity contribution in [2.24, 2.45) is 0 Å². The van der Waals surface area contributed by atoms with E-state index < -0.39 is 0 Å². The normalized spacial score (nSPS) is 11.5. The lowest BCUT2D eigenvalue weighted by molar-refractivity contribution is 0.0132. The number of ether oxygens (including phenoxy) is 6. The summed E-state index contributed by atoms with van der Waals surface area (Å²) in [6.07, 6.45) is 0. The van der Waals surface area contributed by atoms with Crippen LogP contribution in [-0.4, -0.2) is 104 Å². The van der Waals surface area contributed by atoms with Crippen molar-refractivity contribution in [2.45, 2.75) is 20.8 Å². The summed E-state index contributed by atoms with van der Waals surface area (Å²) in [6.45, 7) is 16.6. The zero-order valence-electron chi connectivity index (χ0n) is 16.5. The maximum absolute atomic E-state index is 5.60. The maximum Gasteiger partial charge on any atom is 0.0701 e. The predicted molar refractivity (Wildman–Crippen MR) is 98.4 cm³/mol. The summed E-state index contributed by atoms with van der Waals surface area (Å²) in [7, 11) is 0. The van der Waals surface area contributed by atoms with Crippen LogP contribution >= 0.6 is 0 Å². The first-order valence-corrected chi connectivity index (χ1v) is 9.53. The molecule has 0 aromatic carbocycles. The van der Waals surface area contributed by atoms with Crippen molar-refractivity contribution >= 4 is 0 Å². The average molecular weight is 366 g/mol. The Morgan fingerprint density at radius 1 is 0.400 bits per heavy atom. The summed E-state index contributed by atoms with van der Waals surface area (Å²) < 4.78 is 32.6. The number of hydrogen-bond acceptors (Lipinski definition) is 7. The molecular formula is C18H39NO6. The first kappa shape index (κ1) is 24.7. The second kappa shape index (κ2) is 21.8. The zero-order chi connectivity index (χ0) is 18.4. The second-order valence-corrected chi connectivity index (χ2v) is 5.27. The minimum Gasteiger partial charge on any atom is -0.379 e. The summed E-state index contributed by atoms with van der Waals surface area (Å²) >= 11 is 0. The van der Waals surface area contributed by atoms with Crippen LogP contribution in [0, 0.1) is 0 Å². The topological polar surface area (TPSA) is 58.6 Å². The van der Waals surface area contributed by atoms with Crippen molar-refractivity contribution in [2.75, 3.05) is 98.9 Å². The highest BCUT2D eigenvalue weighted by Gasteiger charge is 2.05. The Morgan fingerprint density at radius 2 is 0.680 bits per heavy atom. The van der Waals surface area contributed by atoms with Crippen LogP contribution in [0.25, 0.3) is 0 Å². The molecule has 0 N–H and O–H groups in total. The number of hydrogen-bond donors (Lipinski definition) is 0. The smallest absolute Gasteiger partial charge is 0.0701 e. The third kappa shape index (κ3) is 19.9. The van der Waals surface area contributed by atoms with Gasteiger partial charge in [-0.3, -0.25) is 4.90 Å². The van der Waals surface area contributed by atoms with Crippen molar-refractivity contribution in [3.05, 3.63) is 0 Å². The van der Waals surface area contributed by atoms with Crippen molar-refractivity contribution in [1.29, 1.82) is 0 Å². The van der Waals surface area contributed by atoms with Gasteiger partial charge >= 0.3 is 0 Å². The summed E-state index contributed by atoms with van der Waals surface area (Å²) in [5, 5.41) is 0. The molecule has 0 aromatic rings. The van der Waals surface area contributed by atoms with Gasteiger partial charge in [-0.25, -0.2) is 0 Å². The molecule has 152 valence electrons. The molecule has 0 bridgehead atoms. The Balaban J connectivity index is 3.76. The molecule has 0 amide bonds. The van der Waals surface area contributed by atoms with Crippen molar-refractivity contribution in [1.82, 2.24) is 4.90 Å². The molecule has 0 atom stereocenters. The lowest BCUT2D eigenvalue weighted by Gasteiger charge is -2.22. The molecule has 0 rings (SSSR count). The molecule has 0 fully saturated rings. The van der Waals surface area contributed by atoms with E-state index in [1.165, 1.54) is 0 Å². The average Bonchev–Trinajstić information content (AvgIpc) is 2.63. The summed E-state index contributed by atoms with van der Waals surface area (Å²) in [4.78, 5) is 2.29. The van der Waals surface area contributed by atoms with Crippen molar-refractivity contribution in [3.63, 3.8) is 0 Å². The second-order valence-electron chi connectivity index (χ2n) is 5.27. The molecule has 0 saturated carbocycles. The molecule has 0 heterocycles. The summed E-state index contributed by atoms with van der Waals surface area (Å²) in [5.74, 6) is 0. The van der Waals surface area contributed by atoms with Crippen LogP contribution in [0.15, 0.2) is 0 Å². The Hall–Kier alpha value is -0.280. The molecule has 25 heavy (non-hydrogen) atoms. The van der Waals surface area contributed by atoms with E-state index in [4.69, 9.17) is 28.4 Å². The Labute approximate surface area is 153 Å². The Kier molecular flexibility index (Phi) is 21.5. The molecular weight excluding hydrogens is 326 g/mol. The third-order valence-corrected chi connectivity index (χ3v) is 3.38. The van der Waals surface area contributed by atoms with Gasteiger partial charge < -0.3 is 28.4 Å². The van der Waals surface area contributed by atoms with E-state index >= 15 is 0 Å². The molecule has 0 aliphatic heterocycles. The Bertz CT molecular complexity index is 208. The van der Waals surface area contributed by atoms with Crippen LogP contribution in [0.5, 0.6) is 0 Å². The summed E-state index contributed by atoms with van der Waals surface area (Å²) in [5.41, 5.74) is 0. The highest BCUT2D eigenvalue weighted by Crippen LogP contribution is 1.92. The largest absolute Gasteiger partial charge is 0.379 e. The Morgan fingerprint density at radius 3 is 0.960 bits per heavy atom. The van der Waals surface area contributed by atoms with Gasteiger partial charge in [0.15, 0.2) is 0 Å². The zero-order valence-corrected chi connectivity index (χ0v) is 16.5. The molecule has 7 nitrogen and oxygen atoms in total. The quantitative estimate of drug-likeness (QED) is 0.285. The molecule has 0 saturated heterocycles. The minimum atomic E-state index is 0.636. The van der Waals surface area contributed by atoms with Gasteiger partial charge in [-0.2, -0.15) is 0 Å². The SMILES string of the molecule is CCOCCOCCN(CCOCCOCC)CCOCCOCC. The minimum absolute atomic E-state index is 0.636. The van der Waals surface area contributed by atoms with E-state index in [-0.39, 0.29) is 0 Å². The first-order valence-electron chi connectivity index (χ1n) is 9.53. The van der Waals surface area contributed by atoms with E-state index in [0.29, 0.717) is 59.5 Å². The van der Waals surface area contributed by atoms with Crippen LogP contribution in [0.3, 0.4) is 0 Å². The van der Waals surface area contributed by atoms with E-state index in [9.17, 15) is 0 Å². The van der Waals surface area contributed by atoms with E-state index in [1.54, 1.807) is 0 Å². The highest BCUT2D eigenvalue weighted by molar-refractivity contribution is 4.57. The third-order valence-electron chi connectivity index (χ3n) is 3.38. The lowest BCUT2D eigenvalue weighted by Crippen LogP contribution is -2.34. The van der Waals surface area contributed by atoms with Crippen molar-refractivity contribution < 1.29 is 28.4 Å². The van der Waals surface area contributed by atoms with Gasteiger partial charge in [-0.05, 0) is 20.8 Å². The van der Waals surface area contributed by atoms with Crippen LogP contribution in [0.2, 0.25) is 0 Å². The van der Waals surface area contributed by atoms with E-state index in [2.05, 4.69) is 4.90 Å². The van der Waals surface area contributed by atoms with Gasteiger partial charge in [0.25, 0.3) is 0 Å². The molecule has 0 unspecified atom stereocenters. The molecule has 0 aliphatic rings. The van der Waals surface area contributed by atoms with Gasteiger partial charge in [0.2, 0.25) is 0 Å². The van der Waals surface area contributed by atoms with E-state index in [0.717, 1.165) is 39.5 Å². The molecule has 7 heteroatoms. The fourth-order valence-corrected chi connectivity index (χ4v) is 2.01. The van der Waals surface area contributed by atoms with Crippen LogP contribution in [0.4, 0.5) is 0 Å². The van der Waals surface area contributed by atoms with Gasteiger partial charge in [-0.15, -0.1) is 0 Å². The fraction of sp³-hybridized carbons (Fsp3) is 1.00. The first-order chi connectivity index (χ1) is 12.3. The van der Waals surface area contributed by atoms with Gasteiger partial charge in [-0.1, -0.05) is 0 Å². The fourth-order valence-electron chi connectivity index (χ4n) is 2.01. The lowest BCUT2D eigenvalue weighted by atomic mass is 10.4. The van der Waals surface area contributed by atoms with Crippen LogP contribution in [-0.2, 0) is 28.4 Å². The monoisotopic (exact) mass is 365 g/mol. The number of nitrogens with zero attached hydrogens (tertiary/aromatic N) is 1. The van der Waals surface area contributed by atoms with Crippen molar-refractivity contribution in [3.8, 4) is 0 Å². The summed E-state index contributed by atoms with van der Waals surface area (Å²) in [6, 6.07) is 0. The predicted octanol–water partition coefficient (Wildman–Crippen LogP) is 1.45. The van der Waals surface area contributed by atoms with E-state index in [1.807, 2.05) is 20.8 Å². The van der Waals surface area contributed by atoms with Crippen LogP contribution < -0.4 is 0 Å². The van der Waals surface area contributed by atoms with Gasteiger partial charge in [0.1, 0.15) is 0 Å². The molecule has 0 aromatic heterocycles. The van der Waals surface area contributed by atoms with Gasteiger partial charge in [0.05, 0.1) is 59.5 Å². The molecule has 0 radical (unpaired) electrons. The van der Waals surface area contributed by atoms with Crippen LogP contribution in [0.1, 0.15) is 20.8 Å². The highest BCUT2D eigenvalue weighted by atomic mass is 16.5. The molecule has 0 aliphatic carbocycles. The maximum atomic E-state index is 5.60. The van der Waals surface area contributed by atoms with Gasteiger partial charge in [0, 0.05) is 39.5 Å². The number of rotatable bonds is 21. The standard InChI is InChI=1S/C18H39NO6/c1-4-20-13-16-23-10-7-19(8-11-24-17-14-21-5-2)9-12-25-18-15-22-6-3/h4-18H2,1-3H3. The molecule has 0 spiro atoms.